The number of aromatic nitrogens is 1. The van der Waals surface area contributed by atoms with Crippen LogP contribution in [0, 0.1) is 13.8 Å². The Kier molecular flexibility index (Phi) is 10.1. The highest BCUT2D eigenvalue weighted by Gasteiger charge is 2.18. The van der Waals surface area contributed by atoms with Gasteiger partial charge in [0, 0.05) is 36.6 Å². The van der Waals surface area contributed by atoms with Crippen molar-refractivity contribution in [2.45, 2.75) is 85.8 Å². The predicted octanol–water partition coefficient (Wildman–Crippen LogP) is 7.10. The number of methoxy groups -OCH3 is 1. The van der Waals surface area contributed by atoms with Crippen LogP contribution in [0.5, 0.6) is 5.75 Å². The van der Waals surface area contributed by atoms with Gasteiger partial charge in [-0.2, -0.15) is 0 Å². The van der Waals surface area contributed by atoms with E-state index in [1.165, 1.54) is 27.8 Å². The van der Waals surface area contributed by atoms with Crippen LogP contribution in [0.1, 0.15) is 79.1 Å². The van der Waals surface area contributed by atoms with E-state index in [-0.39, 0.29) is 6.04 Å². The summed E-state index contributed by atoms with van der Waals surface area (Å²) in [6.07, 6.45) is 3.53. The highest BCUT2D eigenvalue weighted by molar-refractivity contribution is 5.69. The van der Waals surface area contributed by atoms with Crippen LogP contribution in [-0.2, 0) is 30.6 Å². The molecule has 1 heterocycles. The maximum atomic E-state index is 6.55. The van der Waals surface area contributed by atoms with Crippen LogP contribution >= 0.6 is 0 Å². The molecule has 2 N–H and O–H groups in total. The number of pyridine rings is 1. The molecule has 3 rings (SSSR count). The number of hydrogen-bond acceptors (Lipinski definition) is 4. The normalized spacial score (nSPS) is 12.2. The van der Waals surface area contributed by atoms with Crippen molar-refractivity contribution in [2.75, 3.05) is 13.7 Å². The van der Waals surface area contributed by atoms with Crippen molar-refractivity contribution in [3.8, 4) is 17.0 Å². The molecular weight excluding hydrogens is 444 g/mol. The van der Waals surface area contributed by atoms with Crippen LogP contribution in [0.4, 0.5) is 0 Å². The van der Waals surface area contributed by atoms with E-state index in [2.05, 4.69) is 84.0 Å². The summed E-state index contributed by atoms with van der Waals surface area (Å²) in [4.78, 5) is 5.13. The molecule has 0 bridgehead atoms. The van der Waals surface area contributed by atoms with E-state index in [0.717, 1.165) is 53.9 Å². The fraction of sp³-hybridized carbons (Fsp3) is 0.469. The number of hydrogen-bond donors (Lipinski definition) is 1. The monoisotopic (exact) mass is 488 g/mol. The zero-order valence-corrected chi connectivity index (χ0v) is 23.3. The zero-order chi connectivity index (χ0) is 26.2. The molecule has 0 saturated carbocycles. The first-order valence-electron chi connectivity index (χ1n) is 13.4. The van der Waals surface area contributed by atoms with Gasteiger partial charge < -0.3 is 15.2 Å². The van der Waals surface area contributed by atoms with Crippen molar-refractivity contribution < 1.29 is 9.47 Å². The number of benzene rings is 2. The summed E-state index contributed by atoms with van der Waals surface area (Å²) in [5.41, 5.74) is 17.3. The Labute approximate surface area is 218 Å². The van der Waals surface area contributed by atoms with Gasteiger partial charge in [-0.25, -0.2) is 0 Å². The molecule has 0 radical (unpaired) electrons. The van der Waals surface area contributed by atoms with Gasteiger partial charge in [0.05, 0.1) is 5.69 Å². The van der Waals surface area contributed by atoms with Crippen LogP contribution in [0.15, 0.2) is 42.5 Å². The molecule has 1 aromatic heterocycles. The maximum Gasteiger partial charge on any atom is 0.123 e. The van der Waals surface area contributed by atoms with Crippen molar-refractivity contribution in [2.24, 2.45) is 5.73 Å². The Balaban J connectivity index is 2.04. The minimum atomic E-state index is 0.0106. The topological polar surface area (TPSA) is 57.4 Å². The molecule has 0 aliphatic carbocycles. The lowest BCUT2D eigenvalue weighted by atomic mass is 9.91. The Morgan fingerprint density at radius 3 is 2.25 bits per heavy atom. The molecule has 194 valence electrons. The fourth-order valence-corrected chi connectivity index (χ4v) is 4.78. The van der Waals surface area contributed by atoms with Crippen molar-refractivity contribution in [1.29, 1.82) is 0 Å². The van der Waals surface area contributed by atoms with E-state index in [1.807, 2.05) is 0 Å². The van der Waals surface area contributed by atoms with Gasteiger partial charge in [0.1, 0.15) is 12.4 Å². The smallest absolute Gasteiger partial charge is 0.123 e. The van der Waals surface area contributed by atoms with E-state index in [1.54, 1.807) is 7.11 Å². The van der Waals surface area contributed by atoms with Crippen LogP contribution in [0.25, 0.3) is 11.3 Å². The quantitative estimate of drug-likeness (QED) is 0.295. The van der Waals surface area contributed by atoms with Crippen molar-refractivity contribution in [1.82, 2.24) is 4.98 Å². The summed E-state index contributed by atoms with van der Waals surface area (Å²) in [7, 11) is 1.72. The molecular formula is C32H44N2O2. The number of ether oxygens (including phenoxy) is 2. The molecule has 1 atom stereocenters. The summed E-state index contributed by atoms with van der Waals surface area (Å²) in [6.45, 7) is 14.2. The molecule has 0 amide bonds. The largest absolute Gasteiger partial charge is 0.489 e. The van der Waals surface area contributed by atoms with Gasteiger partial charge in [-0.05, 0) is 85.4 Å². The molecule has 4 nitrogen and oxygen atoms in total. The van der Waals surface area contributed by atoms with E-state index in [4.69, 9.17) is 20.2 Å². The van der Waals surface area contributed by atoms with Gasteiger partial charge in [-0.1, -0.05) is 58.0 Å². The molecule has 0 spiro atoms. The molecule has 3 aromatic rings. The predicted molar refractivity (Wildman–Crippen MR) is 151 cm³/mol. The van der Waals surface area contributed by atoms with Crippen LogP contribution in [0.3, 0.4) is 0 Å². The molecule has 0 fully saturated rings. The Bertz CT molecular complexity index is 1130. The Morgan fingerprint density at radius 1 is 0.944 bits per heavy atom. The number of rotatable bonds is 12. The molecule has 0 aliphatic rings. The first-order valence-corrected chi connectivity index (χ1v) is 13.4. The van der Waals surface area contributed by atoms with Crippen molar-refractivity contribution in [3.05, 3.63) is 81.5 Å². The van der Waals surface area contributed by atoms with Gasteiger partial charge in [0.2, 0.25) is 0 Å². The average Bonchev–Trinajstić information content (AvgIpc) is 2.86. The lowest BCUT2D eigenvalue weighted by Crippen LogP contribution is -2.25. The standard InChI is InChI=1S/C32H44N2O2/c1-8-24-11-10-12-25(9-2)32(24)30-18-27(17-28(33)15-16-35-7)29(23(6)34-30)20-36-31-19-26(21(3)4)14-13-22(31)5/h10-14,18-19,21,28H,8-9,15-17,20,33H2,1-7H3. The maximum absolute atomic E-state index is 6.55. The first kappa shape index (κ1) is 27.9. The van der Waals surface area contributed by atoms with Crippen LogP contribution < -0.4 is 10.5 Å². The van der Waals surface area contributed by atoms with Gasteiger partial charge in [0.25, 0.3) is 0 Å². The van der Waals surface area contributed by atoms with Gasteiger partial charge in [-0.15, -0.1) is 0 Å². The van der Waals surface area contributed by atoms with Gasteiger partial charge >= 0.3 is 0 Å². The minimum Gasteiger partial charge on any atom is -0.489 e. The number of aryl methyl sites for hydroxylation is 4. The highest BCUT2D eigenvalue weighted by atomic mass is 16.5. The second-order valence-corrected chi connectivity index (χ2v) is 10.1. The highest BCUT2D eigenvalue weighted by Crippen LogP contribution is 2.32. The lowest BCUT2D eigenvalue weighted by Gasteiger charge is -2.21. The van der Waals surface area contributed by atoms with Gasteiger partial charge in [-0.3, -0.25) is 4.98 Å². The third-order valence-electron chi connectivity index (χ3n) is 7.10. The van der Waals surface area contributed by atoms with E-state index < -0.39 is 0 Å². The first-order chi connectivity index (χ1) is 17.3. The summed E-state index contributed by atoms with van der Waals surface area (Å²) in [5, 5.41) is 0. The third-order valence-corrected chi connectivity index (χ3v) is 7.10. The van der Waals surface area contributed by atoms with Gasteiger partial charge in [0.15, 0.2) is 0 Å². The van der Waals surface area contributed by atoms with E-state index >= 15 is 0 Å². The zero-order valence-electron chi connectivity index (χ0n) is 23.3. The Hall–Kier alpha value is -2.69. The van der Waals surface area contributed by atoms with E-state index in [9.17, 15) is 0 Å². The molecule has 1 unspecified atom stereocenters. The second kappa shape index (κ2) is 13.0. The lowest BCUT2D eigenvalue weighted by molar-refractivity contribution is 0.187. The van der Waals surface area contributed by atoms with Crippen molar-refractivity contribution in [3.63, 3.8) is 0 Å². The third kappa shape index (κ3) is 6.74. The second-order valence-electron chi connectivity index (χ2n) is 10.1. The van der Waals surface area contributed by atoms with E-state index in [0.29, 0.717) is 19.1 Å². The average molecular weight is 489 g/mol. The minimum absolute atomic E-state index is 0.0106. The van der Waals surface area contributed by atoms with Crippen LogP contribution in [-0.4, -0.2) is 24.7 Å². The summed E-state index contributed by atoms with van der Waals surface area (Å²) in [6, 6.07) is 15.4. The number of nitrogens with zero attached hydrogens (tertiary/aromatic N) is 1. The SMILES string of the molecule is CCc1cccc(CC)c1-c1cc(CC(N)CCOC)c(COc2cc(C(C)C)ccc2C)c(C)n1. The van der Waals surface area contributed by atoms with Crippen molar-refractivity contribution >= 4 is 0 Å². The summed E-state index contributed by atoms with van der Waals surface area (Å²) < 4.78 is 11.7. The molecule has 36 heavy (non-hydrogen) atoms. The Morgan fingerprint density at radius 2 is 1.64 bits per heavy atom. The molecule has 0 saturated heterocycles. The number of nitrogens with two attached hydrogens (primary N) is 1. The molecule has 0 aliphatic heterocycles. The molecule has 2 aromatic carbocycles. The molecule has 4 heteroatoms. The fourth-order valence-electron chi connectivity index (χ4n) is 4.78. The summed E-state index contributed by atoms with van der Waals surface area (Å²) in [5.74, 6) is 1.39. The summed E-state index contributed by atoms with van der Waals surface area (Å²) >= 11 is 0. The van der Waals surface area contributed by atoms with Crippen LogP contribution in [0.2, 0.25) is 0 Å².